The Kier molecular flexibility index (Phi) is 8.85. The molecule has 4 aromatic rings. The number of rotatable bonds is 9. The van der Waals surface area contributed by atoms with Gasteiger partial charge in [0.15, 0.2) is 0 Å². The number of benzene rings is 2. The lowest BCUT2D eigenvalue weighted by molar-refractivity contribution is -0.127. The molecule has 0 amide bonds. The molecule has 0 radical (unpaired) electrons. The lowest BCUT2D eigenvalue weighted by Crippen LogP contribution is -2.60. The maximum Gasteiger partial charge on any atom is 0.393 e. The second kappa shape index (κ2) is 13.1. The Morgan fingerprint density at radius 1 is 0.915 bits per heavy atom. The molecule has 0 aliphatic carbocycles. The van der Waals surface area contributed by atoms with Gasteiger partial charge in [0.25, 0.3) is 0 Å². The number of unbranched alkanes of at least 4 members (excludes halogenated alkanes) is 1. The quantitative estimate of drug-likeness (QED) is 0.236. The summed E-state index contributed by atoms with van der Waals surface area (Å²) in [6.45, 7) is 13.2. The summed E-state index contributed by atoms with van der Waals surface area (Å²) >= 11 is 0. The van der Waals surface area contributed by atoms with Crippen LogP contribution in [0, 0.1) is 23.7 Å². The van der Waals surface area contributed by atoms with Gasteiger partial charge in [-0.25, -0.2) is 9.97 Å². The van der Waals surface area contributed by atoms with E-state index in [0.717, 1.165) is 115 Å². The van der Waals surface area contributed by atoms with E-state index in [4.69, 9.17) is 0 Å². The highest BCUT2D eigenvalue weighted by Gasteiger charge is 2.45. The molecule has 248 valence electrons. The molecular weight excluding hydrogens is 601 g/mol. The number of halogens is 3. The van der Waals surface area contributed by atoms with Crippen molar-refractivity contribution in [2.75, 3.05) is 63.8 Å². The summed E-state index contributed by atoms with van der Waals surface area (Å²) in [4.78, 5) is 16.1. The van der Waals surface area contributed by atoms with Crippen LogP contribution in [0.2, 0.25) is 0 Å². The van der Waals surface area contributed by atoms with Gasteiger partial charge in [-0.2, -0.15) is 18.4 Å². The Labute approximate surface area is 274 Å². The summed E-state index contributed by atoms with van der Waals surface area (Å²) in [6, 6.07) is 13.7. The summed E-state index contributed by atoms with van der Waals surface area (Å²) < 4.78 is 41.4. The average Bonchev–Trinajstić information content (AvgIpc) is 3.41. The number of piperazine rings is 1. The maximum absolute atomic E-state index is 13.1. The molecule has 47 heavy (non-hydrogen) atoms. The van der Waals surface area contributed by atoms with Gasteiger partial charge < -0.3 is 19.7 Å². The van der Waals surface area contributed by atoms with Gasteiger partial charge in [0, 0.05) is 74.1 Å². The predicted molar refractivity (Wildman–Crippen MR) is 178 cm³/mol. The van der Waals surface area contributed by atoms with E-state index in [1.165, 1.54) is 28.9 Å². The van der Waals surface area contributed by atoms with Gasteiger partial charge in [0.1, 0.15) is 23.9 Å². The minimum Gasteiger partial charge on any atom is -0.355 e. The molecule has 3 aliphatic heterocycles. The standard InChI is InChI=1S/C36H43F3N8/c1-26-28(5-7-33-30(26)19-29(21-40)47(33)13-3-2-12-44-16-10-41-11-17-44)22-45-14-8-35(9-15-45)23-46(24-35)34-31-18-27(20-36(37,38)39)4-6-32(31)42-25-43-34/h4-7,18-19,25,41H,2-3,8-17,20,22-24H2,1H3. The van der Waals surface area contributed by atoms with Crippen molar-refractivity contribution in [2.24, 2.45) is 5.41 Å². The van der Waals surface area contributed by atoms with Gasteiger partial charge in [-0.15, -0.1) is 0 Å². The summed E-state index contributed by atoms with van der Waals surface area (Å²) in [5, 5.41) is 15.2. The van der Waals surface area contributed by atoms with Crippen LogP contribution in [0.4, 0.5) is 19.0 Å². The van der Waals surface area contributed by atoms with Gasteiger partial charge >= 0.3 is 6.18 Å². The van der Waals surface area contributed by atoms with E-state index in [2.05, 4.69) is 65.7 Å². The molecule has 8 nitrogen and oxygen atoms in total. The monoisotopic (exact) mass is 644 g/mol. The van der Waals surface area contributed by atoms with Crippen LogP contribution in [0.15, 0.2) is 42.7 Å². The van der Waals surface area contributed by atoms with E-state index in [1.807, 2.05) is 0 Å². The summed E-state index contributed by atoms with van der Waals surface area (Å²) in [5.41, 5.74) is 5.58. The molecule has 11 heteroatoms. The van der Waals surface area contributed by atoms with Crippen LogP contribution in [-0.2, 0) is 19.5 Å². The van der Waals surface area contributed by atoms with Crippen LogP contribution in [0.3, 0.4) is 0 Å². The number of likely N-dealkylation sites (tertiary alicyclic amines) is 1. The number of aryl methyl sites for hydroxylation is 2. The van der Waals surface area contributed by atoms with E-state index in [-0.39, 0.29) is 11.0 Å². The fraction of sp³-hybridized carbons (Fsp3) is 0.528. The molecular formula is C36H43F3N8. The van der Waals surface area contributed by atoms with Gasteiger partial charge in [0.2, 0.25) is 0 Å². The first-order valence-electron chi connectivity index (χ1n) is 16.9. The van der Waals surface area contributed by atoms with Gasteiger partial charge in [0.05, 0.1) is 11.9 Å². The minimum atomic E-state index is -4.25. The minimum absolute atomic E-state index is 0.208. The summed E-state index contributed by atoms with van der Waals surface area (Å²) in [7, 11) is 0. The molecule has 7 rings (SSSR count). The smallest absolute Gasteiger partial charge is 0.355 e. The molecule has 3 fully saturated rings. The van der Waals surface area contributed by atoms with Gasteiger partial charge in [-0.1, -0.05) is 12.1 Å². The topological polar surface area (TPSA) is 76.2 Å². The van der Waals surface area contributed by atoms with Crippen molar-refractivity contribution in [2.45, 2.75) is 58.3 Å². The van der Waals surface area contributed by atoms with Crippen LogP contribution in [0.5, 0.6) is 0 Å². The van der Waals surface area contributed by atoms with Crippen LogP contribution < -0.4 is 10.2 Å². The third kappa shape index (κ3) is 6.82. The second-order valence-electron chi connectivity index (χ2n) is 13.8. The SMILES string of the molecule is Cc1c(CN2CCC3(CC2)CN(c2ncnc4ccc(CC(F)(F)F)cc24)C3)ccc2c1cc(C#N)n2CCCCN1CCNCC1. The molecule has 5 heterocycles. The van der Waals surface area contributed by atoms with E-state index in [9.17, 15) is 18.4 Å². The highest BCUT2D eigenvalue weighted by atomic mass is 19.4. The zero-order valence-corrected chi connectivity index (χ0v) is 27.1. The molecule has 0 bridgehead atoms. The van der Waals surface area contributed by atoms with Gasteiger partial charge in [-0.05, 0) is 93.2 Å². The van der Waals surface area contributed by atoms with E-state index in [0.29, 0.717) is 10.9 Å². The van der Waals surface area contributed by atoms with Crippen LogP contribution in [0.1, 0.15) is 48.1 Å². The normalized spacial score (nSPS) is 19.0. The van der Waals surface area contributed by atoms with Crippen molar-refractivity contribution in [1.82, 2.24) is 29.7 Å². The first-order chi connectivity index (χ1) is 22.7. The van der Waals surface area contributed by atoms with Gasteiger partial charge in [-0.3, -0.25) is 4.90 Å². The third-order valence-corrected chi connectivity index (χ3v) is 10.6. The summed E-state index contributed by atoms with van der Waals surface area (Å²) in [5.74, 6) is 0.735. The molecule has 3 aliphatic rings. The summed E-state index contributed by atoms with van der Waals surface area (Å²) in [6.07, 6.45) is 0.656. The Morgan fingerprint density at radius 2 is 1.68 bits per heavy atom. The molecule has 1 spiro atoms. The largest absolute Gasteiger partial charge is 0.393 e. The first kappa shape index (κ1) is 31.9. The number of nitriles is 1. The molecule has 0 unspecified atom stereocenters. The Hall–Kier alpha value is -3.72. The molecule has 2 aromatic carbocycles. The number of alkyl halides is 3. The van der Waals surface area contributed by atoms with Crippen molar-refractivity contribution >= 4 is 27.6 Å². The van der Waals surface area contributed by atoms with Crippen molar-refractivity contribution in [3.63, 3.8) is 0 Å². The molecule has 1 N–H and O–H groups in total. The lowest BCUT2D eigenvalue weighted by atomic mass is 9.72. The Bertz CT molecular complexity index is 1770. The second-order valence-corrected chi connectivity index (χ2v) is 13.8. The van der Waals surface area contributed by atoms with Crippen molar-refractivity contribution in [3.05, 3.63) is 65.1 Å². The van der Waals surface area contributed by atoms with Crippen molar-refractivity contribution < 1.29 is 13.2 Å². The number of piperidine rings is 1. The van der Waals surface area contributed by atoms with Crippen LogP contribution >= 0.6 is 0 Å². The molecule has 3 saturated heterocycles. The zero-order valence-electron chi connectivity index (χ0n) is 27.1. The zero-order chi connectivity index (χ0) is 32.6. The Balaban J connectivity index is 0.959. The van der Waals surface area contributed by atoms with Crippen LogP contribution in [-0.4, -0.2) is 89.4 Å². The number of hydrogen-bond acceptors (Lipinski definition) is 7. The van der Waals surface area contributed by atoms with Crippen LogP contribution in [0.25, 0.3) is 21.8 Å². The predicted octanol–water partition coefficient (Wildman–Crippen LogP) is 5.66. The number of aromatic nitrogens is 3. The third-order valence-electron chi connectivity index (χ3n) is 10.6. The van der Waals surface area contributed by atoms with E-state index in [1.54, 1.807) is 12.1 Å². The number of anilines is 1. The lowest BCUT2D eigenvalue weighted by Gasteiger charge is -2.54. The number of hydrogen-bond donors (Lipinski definition) is 1. The average molecular weight is 645 g/mol. The number of fused-ring (bicyclic) bond motifs is 2. The molecule has 0 saturated carbocycles. The number of nitrogens with zero attached hydrogens (tertiary/aromatic N) is 7. The highest BCUT2D eigenvalue weighted by Crippen LogP contribution is 2.44. The number of nitrogens with one attached hydrogen (secondary N) is 1. The van der Waals surface area contributed by atoms with E-state index < -0.39 is 12.6 Å². The van der Waals surface area contributed by atoms with Crippen molar-refractivity contribution in [1.29, 1.82) is 5.26 Å². The van der Waals surface area contributed by atoms with Crippen molar-refractivity contribution in [3.8, 4) is 6.07 Å². The maximum atomic E-state index is 13.1. The fourth-order valence-corrected chi connectivity index (χ4v) is 7.91. The molecule has 0 atom stereocenters. The van der Waals surface area contributed by atoms with E-state index >= 15 is 0 Å². The fourth-order valence-electron chi connectivity index (χ4n) is 7.91. The highest BCUT2D eigenvalue weighted by molar-refractivity contribution is 5.90. The molecule has 2 aromatic heterocycles. The first-order valence-corrected chi connectivity index (χ1v) is 16.9. The Morgan fingerprint density at radius 3 is 2.43 bits per heavy atom.